The second-order valence-electron chi connectivity index (χ2n) is 2.28. The van der Waals surface area contributed by atoms with E-state index in [-0.39, 0.29) is 0 Å². The average molecular weight is 154 g/mol. The molecule has 1 rings (SSSR count). The lowest BCUT2D eigenvalue weighted by Crippen LogP contribution is -2.23. The highest BCUT2D eigenvalue weighted by molar-refractivity contribution is 5.84. The number of aliphatic hydroxyl groups excluding tert-OH is 1. The van der Waals surface area contributed by atoms with E-state index >= 15 is 0 Å². The zero-order valence-corrected chi connectivity index (χ0v) is 6.23. The Labute approximate surface area is 65.0 Å². The van der Waals surface area contributed by atoms with Crippen LogP contribution in [-0.4, -0.2) is 23.3 Å². The van der Waals surface area contributed by atoms with Crippen LogP contribution in [-0.2, 0) is 9.53 Å². The lowest BCUT2D eigenvalue weighted by molar-refractivity contribution is -0.141. The van der Waals surface area contributed by atoms with Crippen LogP contribution in [0.5, 0.6) is 0 Å². The maximum Gasteiger partial charge on any atom is 0.331 e. The highest BCUT2D eigenvalue weighted by atomic mass is 16.6. The normalized spacial score (nSPS) is 26.0. The molecule has 1 aliphatic rings. The van der Waals surface area contributed by atoms with Crippen molar-refractivity contribution in [1.82, 2.24) is 0 Å². The summed E-state index contributed by atoms with van der Waals surface area (Å²) in [5, 5.41) is 9.25. The van der Waals surface area contributed by atoms with Crippen LogP contribution < -0.4 is 0 Å². The van der Waals surface area contributed by atoms with Gasteiger partial charge in [-0.1, -0.05) is 12.2 Å². The van der Waals surface area contributed by atoms with Gasteiger partial charge in [0.15, 0.2) is 6.10 Å². The summed E-state index contributed by atoms with van der Waals surface area (Å²) in [6.45, 7) is 1.80. The summed E-state index contributed by atoms with van der Waals surface area (Å²) in [5.74, 6) is -0.390. The first-order chi connectivity index (χ1) is 5.24. The van der Waals surface area contributed by atoms with E-state index in [9.17, 15) is 9.90 Å². The average Bonchev–Trinajstić information content (AvgIpc) is 2.36. The molecule has 3 heteroatoms. The van der Waals surface area contributed by atoms with Crippen LogP contribution in [0, 0.1) is 0 Å². The lowest BCUT2D eigenvalue weighted by Gasteiger charge is -2.11. The van der Waals surface area contributed by atoms with Crippen molar-refractivity contribution in [3.8, 4) is 0 Å². The van der Waals surface area contributed by atoms with Crippen molar-refractivity contribution in [3.63, 3.8) is 0 Å². The molecule has 60 valence electrons. The van der Waals surface area contributed by atoms with E-state index in [0.717, 1.165) is 0 Å². The predicted octanol–water partition coefficient (Wildman–Crippen LogP) is 0.405. The summed E-state index contributed by atoms with van der Waals surface area (Å²) in [4.78, 5) is 10.5. The van der Waals surface area contributed by atoms with Crippen molar-refractivity contribution >= 4 is 5.97 Å². The first kappa shape index (κ1) is 8.01. The Kier molecular flexibility index (Phi) is 2.44. The first-order valence-corrected chi connectivity index (χ1v) is 3.43. The number of aliphatic hydroxyl groups is 1. The summed E-state index contributed by atoms with van der Waals surface area (Å²) >= 11 is 0. The standard InChI is InChI=1S/C8H10O3/c1-2-3-6(9)7-4-5-8(10)11-7/h2-7,9H,1H3/b3-2+. The van der Waals surface area contributed by atoms with Crippen LogP contribution in [0.4, 0.5) is 0 Å². The fourth-order valence-electron chi connectivity index (χ4n) is 0.876. The summed E-state index contributed by atoms with van der Waals surface area (Å²) in [5.41, 5.74) is 0. The molecule has 0 saturated heterocycles. The van der Waals surface area contributed by atoms with E-state index in [2.05, 4.69) is 0 Å². The summed E-state index contributed by atoms with van der Waals surface area (Å²) in [6, 6.07) is 0. The Balaban J connectivity index is 2.50. The minimum Gasteiger partial charge on any atom is -0.452 e. The molecule has 0 aliphatic carbocycles. The van der Waals surface area contributed by atoms with Crippen molar-refractivity contribution in [3.05, 3.63) is 24.3 Å². The van der Waals surface area contributed by atoms with E-state index in [0.29, 0.717) is 0 Å². The van der Waals surface area contributed by atoms with Crippen LogP contribution in [0.2, 0.25) is 0 Å². The third-order valence-corrected chi connectivity index (χ3v) is 1.40. The molecule has 0 aromatic carbocycles. The first-order valence-electron chi connectivity index (χ1n) is 3.43. The quantitative estimate of drug-likeness (QED) is 0.462. The van der Waals surface area contributed by atoms with Gasteiger partial charge in [-0.3, -0.25) is 0 Å². The number of carbonyl (C=O) groups excluding carboxylic acids is 1. The Morgan fingerprint density at radius 2 is 2.55 bits per heavy atom. The van der Waals surface area contributed by atoms with Crippen LogP contribution in [0.1, 0.15) is 6.92 Å². The van der Waals surface area contributed by atoms with E-state index in [4.69, 9.17) is 4.74 Å². The van der Waals surface area contributed by atoms with E-state index in [1.807, 2.05) is 0 Å². The number of hydrogen-bond acceptors (Lipinski definition) is 3. The van der Waals surface area contributed by atoms with Gasteiger partial charge in [0.05, 0.1) is 0 Å². The second-order valence-corrected chi connectivity index (χ2v) is 2.28. The highest BCUT2D eigenvalue weighted by Crippen LogP contribution is 2.09. The van der Waals surface area contributed by atoms with Crippen molar-refractivity contribution in [1.29, 1.82) is 0 Å². The smallest absolute Gasteiger partial charge is 0.331 e. The molecule has 1 N–H and O–H groups in total. The summed E-state index contributed by atoms with van der Waals surface area (Å²) in [6.07, 6.45) is 4.93. The fraction of sp³-hybridized carbons (Fsp3) is 0.375. The van der Waals surface area contributed by atoms with Crippen LogP contribution in [0.15, 0.2) is 24.3 Å². The predicted molar refractivity (Wildman–Crippen MR) is 39.8 cm³/mol. The molecule has 0 aromatic heterocycles. The van der Waals surface area contributed by atoms with Crippen molar-refractivity contribution in [2.24, 2.45) is 0 Å². The van der Waals surface area contributed by atoms with E-state index < -0.39 is 18.2 Å². The number of allylic oxidation sites excluding steroid dienone is 1. The maximum absolute atomic E-state index is 10.5. The number of ether oxygens (including phenoxy) is 1. The van der Waals surface area contributed by atoms with Gasteiger partial charge in [0.2, 0.25) is 0 Å². The number of hydrogen-bond donors (Lipinski definition) is 1. The largest absolute Gasteiger partial charge is 0.452 e. The van der Waals surface area contributed by atoms with Gasteiger partial charge in [-0.15, -0.1) is 0 Å². The van der Waals surface area contributed by atoms with Gasteiger partial charge in [0.1, 0.15) is 6.10 Å². The van der Waals surface area contributed by atoms with Crippen LogP contribution in [0.25, 0.3) is 0 Å². The van der Waals surface area contributed by atoms with Crippen LogP contribution in [0.3, 0.4) is 0 Å². The molecule has 1 aliphatic heterocycles. The Morgan fingerprint density at radius 1 is 1.82 bits per heavy atom. The van der Waals surface area contributed by atoms with Gasteiger partial charge >= 0.3 is 5.97 Å². The molecular weight excluding hydrogens is 144 g/mol. The number of cyclic esters (lactones) is 1. The molecule has 2 atom stereocenters. The molecule has 0 spiro atoms. The third-order valence-electron chi connectivity index (χ3n) is 1.40. The van der Waals surface area contributed by atoms with Gasteiger partial charge < -0.3 is 9.84 Å². The van der Waals surface area contributed by atoms with Crippen molar-refractivity contribution in [2.75, 3.05) is 0 Å². The molecule has 0 saturated carbocycles. The number of carbonyl (C=O) groups is 1. The van der Waals surface area contributed by atoms with Gasteiger partial charge in [-0.2, -0.15) is 0 Å². The fourth-order valence-corrected chi connectivity index (χ4v) is 0.876. The lowest BCUT2D eigenvalue weighted by atomic mass is 10.2. The topological polar surface area (TPSA) is 46.5 Å². The Bertz CT molecular complexity index is 205. The Morgan fingerprint density at radius 3 is 3.00 bits per heavy atom. The van der Waals surface area contributed by atoms with Gasteiger partial charge in [0, 0.05) is 6.08 Å². The van der Waals surface area contributed by atoms with Gasteiger partial charge in [0.25, 0.3) is 0 Å². The van der Waals surface area contributed by atoms with E-state index in [1.54, 1.807) is 25.2 Å². The molecule has 2 unspecified atom stereocenters. The molecule has 0 radical (unpaired) electrons. The summed E-state index contributed by atoms with van der Waals surface area (Å²) < 4.78 is 4.72. The molecular formula is C8H10O3. The molecule has 0 amide bonds. The second kappa shape index (κ2) is 3.34. The minimum atomic E-state index is -0.720. The SMILES string of the molecule is C/C=C/C(O)C1C=CC(=O)O1. The van der Waals surface area contributed by atoms with E-state index in [1.165, 1.54) is 6.08 Å². The van der Waals surface area contributed by atoms with Gasteiger partial charge in [-0.25, -0.2) is 4.79 Å². The zero-order chi connectivity index (χ0) is 8.27. The molecule has 0 fully saturated rings. The van der Waals surface area contributed by atoms with Crippen LogP contribution >= 0.6 is 0 Å². The molecule has 1 heterocycles. The van der Waals surface area contributed by atoms with Crippen molar-refractivity contribution < 1.29 is 14.6 Å². The molecule has 0 aromatic rings. The minimum absolute atomic E-state index is 0.390. The summed E-state index contributed by atoms with van der Waals surface area (Å²) in [7, 11) is 0. The Hall–Kier alpha value is -1.09. The zero-order valence-electron chi connectivity index (χ0n) is 6.23. The van der Waals surface area contributed by atoms with Crippen molar-refractivity contribution in [2.45, 2.75) is 19.1 Å². The highest BCUT2D eigenvalue weighted by Gasteiger charge is 2.22. The third kappa shape index (κ3) is 1.91. The molecule has 0 bridgehead atoms. The monoisotopic (exact) mass is 154 g/mol. The molecule has 11 heavy (non-hydrogen) atoms. The number of esters is 1. The maximum atomic E-state index is 10.5. The van der Waals surface area contributed by atoms with Gasteiger partial charge in [-0.05, 0) is 13.0 Å². The number of rotatable bonds is 2. The molecule has 3 nitrogen and oxygen atoms in total.